The number of nitrogens with one attached hydrogen (secondary N) is 1. The summed E-state index contributed by atoms with van der Waals surface area (Å²) in [7, 11) is 0. The van der Waals surface area contributed by atoms with E-state index in [0.29, 0.717) is 5.56 Å². The molecule has 0 aromatic heterocycles. The van der Waals surface area contributed by atoms with Gasteiger partial charge in [-0.15, -0.1) is 0 Å². The van der Waals surface area contributed by atoms with Crippen LogP contribution in [0.15, 0.2) is 46.9 Å². The zero-order valence-corrected chi connectivity index (χ0v) is 14.0. The van der Waals surface area contributed by atoms with Crippen LogP contribution in [-0.2, 0) is 5.41 Å². The maximum atomic E-state index is 14.2. The lowest BCUT2D eigenvalue weighted by atomic mass is 9.80. The summed E-state index contributed by atoms with van der Waals surface area (Å²) >= 11 is 3.39. The van der Waals surface area contributed by atoms with Crippen LogP contribution in [0.3, 0.4) is 0 Å². The van der Waals surface area contributed by atoms with Gasteiger partial charge in [-0.3, -0.25) is 5.84 Å². The average Bonchev–Trinajstić information content (AvgIpc) is 2.43. The Hall–Kier alpha value is -1.23. The van der Waals surface area contributed by atoms with Crippen molar-refractivity contribution in [2.75, 3.05) is 0 Å². The van der Waals surface area contributed by atoms with Gasteiger partial charge in [0.2, 0.25) is 0 Å². The second kappa shape index (κ2) is 6.26. The first-order valence-corrected chi connectivity index (χ1v) is 7.64. The van der Waals surface area contributed by atoms with Gasteiger partial charge in [-0.25, -0.2) is 9.82 Å². The third-order valence-electron chi connectivity index (χ3n) is 3.52. The fraction of sp³-hybridized carbons (Fsp3) is 0.294. The van der Waals surface area contributed by atoms with E-state index in [1.54, 1.807) is 12.1 Å². The quantitative estimate of drug-likeness (QED) is 0.634. The predicted molar refractivity (Wildman–Crippen MR) is 88.4 cm³/mol. The molecule has 21 heavy (non-hydrogen) atoms. The van der Waals surface area contributed by atoms with Gasteiger partial charge >= 0.3 is 0 Å². The van der Waals surface area contributed by atoms with E-state index in [-0.39, 0.29) is 11.2 Å². The molecular formula is C17H20BrFN2. The van der Waals surface area contributed by atoms with Gasteiger partial charge in [0.25, 0.3) is 0 Å². The van der Waals surface area contributed by atoms with E-state index in [9.17, 15) is 4.39 Å². The van der Waals surface area contributed by atoms with Crippen LogP contribution >= 0.6 is 15.9 Å². The van der Waals surface area contributed by atoms with Crippen LogP contribution < -0.4 is 11.3 Å². The van der Waals surface area contributed by atoms with E-state index < -0.39 is 6.04 Å². The fourth-order valence-corrected chi connectivity index (χ4v) is 2.89. The van der Waals surface area contributed by atoms with Gasteiger partial charge in [0.1, 0.15) is 5.82 Å². The molecule has 2 rings (SSSR count). The maximum absolute atomic E-state index is 14.2. The number of halogens is 2. The number of nitrogens with two attached hydrogens (primary N) is 1. The molecule has 2 aromatic carbocycles. The number of rotatable bonds is 3. The van der Waals surface area contributed by atoms with Gasteiger partial charge in [-0.1, -0.05) is 61.0 Å². The predicted octanol–water partition coefficient (Wildman–Crippen LogP) is 4.44. The number of hydrogen-bond donors (Lipinski definition) is 2. The minimum absolute atomic E-state index is 0.0474. The monoisotopic (exact) mass is 350 g/mol. The average molecular weight is 351 g/mol. The Balaban J connectivity index is 2.60. The van der Waals surface area contributed by atoms with Crippen molar-refractivity contribution in [2.45, 2.75) is 32.2 Å². The lowest BCUT2D eigenvalue weighted by molar-refractivity contribution is 0.535. The molecule has 2 aromatic rings. The van der Waals surface area contributed by atoms with Gasteiger partial charge in [-0.2, -0.15) is 0 Å². The SMILES string of the molecule is CC(C)(C)c1ccccc1C(NN)c1cc(Br)ccc1F. The van der Waals surface area contributed by atoms with Crippen LogP contribution in [0.5, 0.6) is 0 Å². The summed E-state index contributed by atoms with van der Waals surface area (Å²) in [5.41, 5.74) is 5.37. The van der Waals surface area contributed by atoms with E-state index in [1.807, 2.05) is 18.2 Å². The third kappa shape index (κ3) is 3.51. The van der Waals surface area contributed by atoms with Crippen molar-refractivity contribution in [3.05, 3.63) is 69.4 Å². The summed E-state index contributed by atoms with van der Waals surface area (Å²) in [6.07, 6.45) is 0. The summed E-state index contributed by atoms with van der Waals surface area (Å²) in [6, 6.07) is 12.5. The Bertz CT molecular complexity index is 635. The number of benzene rings is 2. The summed E-state index contributed by atoms with van der Waals surface area (Å²) in [5, 5.41) is 0. The van der Waals surface area contributed by atoms with Crippen molar-refractivity contribution in [1.82, 2.24) is 5.43 Å². The summed E-state index contributed by atoms with van der Waals surface area (Å²) < 4.78 is 15.0. The molecule has 0 aliphatic rings. The molecule has 3 N–H and O–H groups in total. The molecule has 2 nitrogen and oxygen atoms in total. The number of hydrogen-bond acceptors (Lipinski definition) is 2. The Kier molecular flexibility index (Phi) is 4.81. The Morgan fingerprint density at radius 1 is 1.10 bits per heavy atom. The summed E-state index contributed by atoms with van der Waals surface area (Å²) in [6.45, 7) is 6.41. The van der Waals surface area contributed by atoms with Crippen molar-refractivity contribution in [3.63, 3.8) is 0 Å². The molecule has 0 aliphatic carbocycles. The molecule has 0 bridgehead atoms. The van der Waals surface area contributed by atoms with Gasteiger partial charge in [0.05, 0.1) is 6.04 Å². The lowest BCUT2D eigenvalue weighted by Gasteiger charge is -2.27. The first kappa shape index (κ1) is 16.1. The summed E-state index contributed by atoms with van der Waals surface area (Å²) in [5.74, 6) is 5.46. The minimum atomic E-state index is -0.391. The van der Waals surface area contributed by atoms with Gasteiger partial charge < -0.3 is 0 Å². The highest BCUT2D eigenvalue weighted by Gasteiger charge is 2.24. The zero-order valence-electron chi connectivity index (χ0n) is 12.5. The standard InChI is InChI=1S/C17H20BrFN2/c1-17(2,3)14-7-5-4-6-12(14)16(21-20)13-10-11(18)8-9-15(13)19/h4-10,16,21H,20H2,1-3H3. The van der Waals surface area contributed by atoms with Crippen molar-refractivity contribution in [2.24, 2.45) is 5.84 Å². The maximum Gasteiger partial charge on any atom is 0.128 e. The summed E-state index contributed by atoms with van der Waals surface area (Å²) in [4.78, 5) is 0. The first-order chi connectivity index (χ1) is 9.84. The van der Waals surface area contributed by atoms with Gasteiger partial charge in [-0.05, 0) is 34.7 Å². The second-order valence-electron chi connectivity index (χ2n) is 6.10. The molecule has 0 saturated heterocycles. The van der Waals surface area contributed by atoms with Crippen LogP contribution in [0.1, 0.15) is 43.5 Å². The Labute approximate surface area is 133 Å². The van der Waals surface area contributed by atoms with E-state index in [0.717, 1.165) is 15.6 Å². The van der Waals surface area contributed by atoms with Gasteiger partial charge in [0.15, 0.2) is 0 Å². The van der Waals surface area contributed by atoms with Crippen LogP contribution in [-0.4, -0.2) is 0 Å². The lowest BCUT2D eigenvalue weighted by Crippen LogP contribution is -2.31. The minimum Gasteiger partial charge on any atom is -0.271 e. The molecule has 0 amide bonds. The Morgan fingerprint density at radius 2 is 1.76 bits per heavy atom. The van der Waals surface area contributed by atoms with E-state index >= 15 is 0 Å². The molecule has 0 fully saturated rings. The molecule has 0 radical (unpaired) electrons. The first-order valence-electron chi connectivity index (χ1n) is 6.85. The van der Waals surface area contributed by atoms with Crippen molar-refractivity contribution in [1.29, 1.82) is 0 Å². The van der Waals surface area contributed by atoms with Crippen LogP contribution in [0.25, 0.3) is 0 Å². The second-order valence-corrected chi connectivity index (χ2v) is 7.02. The zero-order chi connectivity index (χ0) is 15.6. The van der Waals surface area contributed by atoms with Crippen LogP contribution in [0.4, 0.5) is 4.39 Å². The highest BCUT2D eigenvalue weighted by Crippen LogP contribution is 2.34. The van der Waals surface area contributed by atoms with Crippen LogP contribution in [0, 0.1) is 5.82 Å². The smallest absolute Gasteiger partial charge is 0.128 e. The van der Waals surface area contributed by atoms with Gasteiger partial charge in [0, 0.05) is 10.0 Å². The molecule has 0 spiro atoms. The normalized spacial score (nSPS) is 13.2. The van der Waals surface area contributed by atoms with Crippen LogP contribution in [0.2, 0.25) is 0 Å². The Morgan fingerprint density at radius 3 is 2.38 bits per heavy atom. The third-order valence-corrected chi connectivity index (χ3v) is 4.01. The largest absolute Gasteiger partial charge is 0.271 e. The van der Waals surface area contributed by atoms with E-state index in [4.69, 9.17) is 5.84 Å². The molecule has 112 valence electrons. The molecule has 1 unspecified atom stereocenters. The number of hydrazine groups is 1. The molecule has 0 aliphatic heterocycles. The highest BCUT2D eigenvalue weighted by atomic mass is 79.9. The van der Waals surface area contributed by atoms with E-state index in [1.165, 1.54) is 6.07 Å². The molecule has 4 heteroatoms. The van der Waals surface area contributed by atoms with E-state index in [2.05, 4.69) is 48.2 Å². The molecule has 1 atom stereocenters. The topological polar surface area (TPSA) is 38.0 Å². The molecular weight excluding hydrogens is 331 g/mol. The van der Waals surface area contributed by atoms with Crippen molar-refractivity contribution < 1.29 is 4.39 Å². The van der Waals surface area contributed by atoms with Crippen molar-refractivity contribution in [3.8, 4) is 0 Å². The van der Waals surface area contributed by atoms with Crippen molar-refractivity contribution >= 4 is 15.9 Å². The fourth-order valence-electron chi connectivity index (χ4n) is 2.51. The molecule has 0 saturated carbocycles. The molecule has 0 heterocycles. The highest BCUT2D eigenvalue weighted by molar-refractivity contribution is 9.10.